The molecular weight excluding hydrogens is 366 g/mol. The summed E-state index contributed by atoms with van der Waals surface area (Å²) >= 11 is 1.83. The van der Waals surface area contributed by atoms with Gasteiger partial charge in [0.15, 0.2) is 6.10 Å². The molecule has 4 heteroatoms. The number of rotatable bonds is 9. The van der Waals surface area contributed by atoms with Gasteiger partial charge in [-0.3, -0.25) is 4.79 Å². The number of fused-ring (bicyclic) bond motifs is 1. The van der Waals surface area contributed by atoms with Gasteiger partial charge in [-0.25, -0.2) is 0 Å². The summed E-state index contributed by atoms with van der Waals surface area (Å²) in [6, 6.07) is 22.6. The van der Waals surface area contributed by atoms with Gasteiger partial charge in [-0.15, -0.1) is 0 Å². The lowest BCUT2D eigenvalue weighted by Crippen LogP contribution is -2.39. The summed E-state index contributed by atoms with van der Waals surface area (Å²) in [6.45, 7) is 4.72. The number of aryl methyl sites for hydroxylation is 1. The fourth-order valence-corrected chi connectivity index (χ4v) is 3.89. The van der Waals surface area contributed by atoms with E-state index >= 15 is 0 Å². The minimum atomic E-state index is -0.470. The van der Waals surface area contributed by atoms with E-state index in [1.165, 1.54) is 11.1 Å². The number of ether oxygens (including phenoxy) is 1. The van der Waals surface area contributed by atoms with E-state index in [4.69, 9.17) is 4.74 Å². The number of carbonyl (C=O) groups is 1. The first-order chi connectivity index (χ1) is 13.7. The molecule has 0 aliphatic carbocycles. The number of carbonyl (C=O) groups excluding carboxylic acids is 1. The van der Waals surface area contributed by atoms with Crippen LogP contribution in [-0.2, 0) is 10.5 Å². The number of hydrogen-bond acceptors (Lipinski definition) is 3. The average molecular weight is 394 g/mol. The highest BCUT2D eigenvalue weighted by molar-refractivity contribution is 7.98. The molecule has 0 fully saturated rings. The van der Waals surface area contributed by atoms with Gasteiger partial charge in [0.1, 0.15) is 5.75 Å². The van der Waals surface area contributed by atoms with Gasteiger partial charge in [0.2, 0.25) is 0 Å². The Morgan fingerprint density at radius 1 is 1.04 bits per heavy atom. The summed E-state index contributed by atoms with van der Waals surface area (Å²) in [4.78, 5) is 12.5. The second-order valence-corrected chi connectivity index (χ2v) is 7.96. The van der Waals surface area contributed by atoms with Gasteiger partial charge in [-0.1, -0.05) is 67.1 Å². The molecule has 1 unspecified atom stereocenters. The van der Waals surface area contributed by atoms with Crippen molar-refractivity contribution in [1.29, 1.82) is 0 Å². The van der Waals surface area contributed by atoms with E-state index < -0.39 is 6.10 Å². The van der Waals surface area contributed by atoms with Crippen molar-refractivity contribution in [3.8, 4) is 5.75 Å². The summed E-state index contributed by atoms with van der Waals surface area (Å²) in [7, 11) is 0. The molecule has 1 atom stereocenters. The van der Waals surface area contributed by atoms with Gasteiger partial charge in [-0.05, 0) is 41.8 Å². The van der Waals surface area contributed by atoms with Crippen LogP contribution in [-0.4, -0.2) is 24.3 Å². The Balaban J connectivity index is 1.45. The van der Waals surface area contributed by atoms with Crippen LogP contribution in [0, 0.1) is 6.92 Å². The maximum Gasteiger partial charge on any atom is 0.261 e. The van der Waals surface area contributed by atoms with Crippen molar-refractivity contribution in [2.45, 2.75) is 32.1 Å². The molecule has 1 N–H and O–H groups in total. The SMILES string of the molecule is CCC(Oc1ccc2ccccc2c1)C(=O)NCCSCc1cccc(C)c1. The smallest absolute Gasteiger partial charge is 0.261 e. The summed E-state index contributed by atoms with van der Waals surface area (Å²) in [5.74, 6) is 2.52. The monoisotopic (exact) mass is 393 g/mol. The van der Waals surface area contributed by atoms with Gasteiger partial charge < -0.3 is 10.1 Å². The van der Waals surface area contributed by atoms with Crippen molar-refractivity contribution in [3.05, 3.63) is 77.9 Å². The zero-order valence-corrected chi connectivity index (χ0v) is 17.3. The Bertz CT molecular complexity index is 925. The second kappa shape index (κ2) is 10.2. The number of nitrogens with one attached hydrogen (secondary N) is 1. The third-order valence-corrected chi connectivity index (χ3v) is 5.59. The van der Waals surface area contributed by atoms with Crippen molar-refractivity contribution in [1.82, 2.24) is 5.32 Å². The van der Waals surface area contributed by atoms with E-state index in [-0.39, 0.29) is 5.91 Å². The van der Waals surface area contributed by atoms with E-state index in [1.54, 1.807) is 0 Å². The Morgan fingerprint density at radius 2 is 1.86 bits per heavy atom. The van der Waals surface area contributed by atoms with Crippen LogP contribution in [0.15, 0.2) is 66.7 Å². The fourth-order valence-electron chi connectivity index (χ4n) is 3.08. The molecular formula is C24H27NO2S. The summed E-state index contributed by atoms with van der Waals surface area (Å²) < 4.78 is 5.95. The maximum atomic E-state index is 12.5. The van der Waals surface area contributed by atoms with E-state index in [1.807, 2.05) is 49.0 Å². The minimum Gasteiger partial charge on any atom is -0.481 e. The Morgan fingerprint density at radius 3 is 2.64 bits per heavy atom. The van der Waals surface area contributed by atoms with Crippen LogP contribution in [0.1, 0.15) is 24.5 Å². The van der Waals surface area contributed by atoms with Gasteiger partial charge in [0.25, 0.3) is 5.91 Å². The predicted octanol–water partition coefficient (Wildman–Crippen LogP) is 5.36. The highest BCUT2D eigenvalue weighted by atomic mass is 32.2. The Hall–Kier alpha value is -2.46. The Kier molecular flexibility index (Phi) is 7.38. The molecule has 0 aromatic heterocycles. The quantitative estimate of drug-likeness (QED) is 0.498. The van der Waals surface area contributed by atoms with E-state index in [0.29, 0.717) is 13.0 Å². The van der Waals surface area contributed by atoms with Crippen molar-refractivity contribution < 1.29 is 9.53 Å². The van der Waals surface area contributed by atoms with Gasteiger partial charge in [-0.2, -0.15) is 11.8 Å². The first-order valence-electron chi connectivity index (χ1n) is 9.72. The van der Waals surface area contributed by atoms with Gasteiger partial charge in [0.05, 0.1) is 0 Å². The maximum absolute atomic E-state index is 12.5. The van der Waals surface area contributed by atoms with Crippen molar-refractivity contribution in [2.24, 2.45) is 0 Å². The van der Waals surface area contributed by atoms with E-state index in [9.17, 15) is 4.79 Å². The third kappa shape index (κ3) is 5.77. The molecule has 1 amide bonds. The average Bonchev–Trinajstić information content (AvgIpc) is 2.71. The van der Waals surface area contributed by atoms with Crippen LogP contribution in [0.4, 0.5) is 0 Å². The first kappa shape index (κ1) is 20.3. The molecule has 0 heterocycles. The van der Waals surface area contributed by atoms with Crippen LogP contribution in [0.25, 0.3) is 10.8 Å². The number of benzene rings is 3. The topological polar surface area (TPSA) is 38.3 Å². The molecule has 3 aromatic carbocycles. The third-order valence-electron chi connectivity index (χ3n) is 4.56. The molecule has 3 nitrogen and oxygen atoms in total. The summed E-state index contributed by atoms with van der Waals surface area (Å²) in [6.07, 6.45) is 0.165. The lowest BCUT2D eigenvalue weighted by Gasteiger charge is -2.17. The summed E-state index contributed by atoms with van der Waals surface area (Å²) in [5.41, 5.74) is 2.60. The van der Waals surface area contributed by atoms with Crippen LogP contribution < -0.4 is 10.1 Å². The lowest BCUT2D eigenvalue weighted by molar-refractivity contribution is -0.127. The van der Waals surface area contributed by atoms with Crippen LogP contribution in [0.5, 0.6) is 5.75 Å². The zero-order chi connectivity index (χ0) is 19.8. The fraction of sp³-hybridized carbons (Fsp3) is 0.292. The van der Waals surface area contributed by atoms with Gasteiger partial charge >= 0.3 is 0 Å². The minimum absolute atomic E-state index is 0.0492. The molecule has 28 heavy (non-hydrogen) atoms. The van der Waals surface area contributed by atoms with Gasteiger partial charge in [0, 0.05) is 18.1 Å². The van der Waals surface area contributed by atoms with Crippen molar-refractivity contribution >= 4 is 28.4 Å². The molecule has 0 spiro atoms. The van der Waals surface area contributed by atoms with Crippen LogP contribution in [0.2, 0.25) is 0 Å². The van der Waals surface area contributed by atoms with E-state index in [0.717, 1.165) is 28.0 Å². The van der Waals surface area contributed by atoms with Crippen molar-refractivity contribution in [3.63, 3.8) is 0 Å². The molecule has 146 valence electrons. The molecule has 3 rings (SSSR count). The molecule has 0 bridgehead atoms. The molecule has 3 aromatic rings. The molecule has 0 aliphatic rings. The molecule has 0 radical (unpaired) electrons. The largest absolute Gasteiger partial charge is 0.481 e. The van der Waals surface area contributed by atoms with Crippen LogP contribution in [0.3, 0.4) is 0 Å². The Labute approximate surface area is 171 Å². The van der Waals surface area contributed by atoms with Crippen molar-refractivity contribution in [2.75, 3.05) is 12.3 Å². The standard InChI is InChI=1S/C24H27NO2S/c1-3-23(27-22-12-11-20-9-4-5-10-21(20)16-22)24(26)25-13-14-28-17-19-8-6-7-18(2)15-19/h4-12,15-16,23H,3,13-14,17H2,1-2H3,(H,25,26). The lowest BCUT2D eigenvalue weighted by atomic mass is 10.1. The zero-order valence-electron chi connectivity index (χ0n) is 16.5. The number of hydrogen-bond donors (Lipinski definition) is 1. The number of thioether (sulfide) groups is 1. The molecule has 0 aliphatic heterocycles. The summed E-state index contributed by atoms with van der Waals surface area (Å²) in [5, 5.41) is 5.28. The molecule has 0 saturated carbocycles. The molecule has 0 saturated heterocycles. The number of amides is 1. The van der Waals surface area contributed by atoms with Crippen LogP contribution >= 0.6 is 11.8 Å². The predicted molar refractivity (Wildman–Crippen MR) is 119 cm³/mol. The van der Waals surface area contributed by atoms with E-state index in [2.05, 4.69) is 48.6 Å². The first-order valence-corrected chi connectivity index (χ1v) is 10.9. The highest BCUT2D eigenvalue weighted by Crippen LogP contribution is 2.22. The second-order valence-electron chi connectivity index (χ2n) is 6.86. The highest BCUT2D eigenvalue weighted by Gasteiger charge is 2.17. The normalized spacial score (nSPS) is 11.9.